The van der Waals surface area contributed by atoms with E-state index in [9.17, 15) is 5.02 Å². The molecular formula is C17H20BN3O2S. The molecule has 0 aliphatic rings. The van der Waals surface area contributed by atoms with Crippen LogP contribution in [0.4, 0.5) is 5.82 Å². The highest BCUT2D eigenvalue weighted by atomic mass is 32.1. The molecule has 2 heterocycles. The van der Waals surface area contributed by atoms with Gasteiger partial charge in [-0.15, -0.1) is 21.5 Å². The first kappa shape index (κ1) is 16.7. The molecule has 0 bridgehead atoms. The Hall–Kier alpha value is -2.12. The van der Waals surface area contributed by atoms with E-state index in [1.807, 2.05) is 18.2 Å². The van der Waals surface area contributed by atoms with E-state index in [2.05, 4.69) is 40.5 Å². The number of unbranched alkanes of at least 4 members (excludes halogenated alkanes) is 1. The molecule has 0 radical (unpaired) electrons. The Morgan fingerprint density at radius 3 is 2.79 bits per heavy atom. The van der Waals surface area contributed by atoms with Crippen molar-refractivity contribution < 1.29 is 9.76 Å². The van der Waals surface area contributed by atoms with Gasteiger partial charge in [-0.25, -0.2) is 0 Å². The molecule has 0 aliphatic carbocycles. The van der Waals surface area contributed by atoms with Crippen molar-refractivity contribution in [3.63, 3.8) is 0 Å². The predicted octanol–water partition coefficient (Wildman–Crippen LogP) is 4.06. The lowest BCUT2D eigenvalue weighted by atomic mass is 9.89. The van der Waals surface area contributed by atoms with Crippen LogP contribution in [0.3, 0.4) is 0 Å². The molecule has 5 nitrogen and oxygen atoms in total. The molecule has 7 heteroatoms. The number of nitrogens with zero attached hydrogens (tertiary/aromatic N) is 2. The van der Waals surface area contributed by atoms with E-state index in [-0.39, 0.29) is 0 Å². The summed E-state index contributed by atoms with van der Waals surface area (Å²) in [5.41, 5.74) is 0.820. The third kappa shape index (κ3) is 4.04. The van der Waals surface area contributed by atoms with Crippen molar-refractivity contribution in [1.82, 2.24) is 10.2 Å². The van der Waals surface area contributed by atoms with Crippen molar-refractivity contribution in [2.75, 3.05) is 11.8 Å². The van der Waals surface area contributed by atoms with Crippen molar-refractivity contribution in [1.29, 1.82) is 0 Å². The lowest BCUT2D eigenvalue weighted by Gasteiger charge is -2.04. The first-order valence-electron chi connectivity index (χ1n) is 8.11. The summed E-state index contributed by atoms with van der Waals surface area (Å²) in [6.45, 7) is 4.55. The SMILES string of the molecule is CCCCOc1ccc2cc(-c3ccc(NB(C)O)nn3)sc2c1. The zero-order valence-corrected chi connectivity index (χ0v) is 14.6. The van der Waals surface area contributed by atoms with Gasteiger partial charge in [-0.2, -0.15) is 0 Å². The predicted molar refractivity (Wildman–Crippen MR) is 101 cm³/mol. The number of anilines is 1. The average molecular weight is 341 g/mol. The zero-order chi connectivity index (χ0) is 16.9. The summed E-state index contributed by atoms with van der Waals surface area (Å²) in [6, 6.07) is 12.0. The van der Waals surface area contributed by atoms with Crippen LogP contribution in [0.15, 0.2) is 36.4 Å². The smallest absolute Gasteiger partial charge is 0.408 e. The summed E-state index contributed by atoms with van der Waals surface area (Å²) < 4.78 is 6.94. The maximum atomic E-state index is 9.30. The molecule has 1 aromatic carbocycles. The highest BCUT2D eigenvalue weighted by molar-refractivity contribution is 7.22. The fraction of sp³-hybridized carbons (Fsp3) is 0.294. The number of aromatic nitrogens is 2. The number of ether oxygens (including phenoxy) is 1. The fourth-order valence-corrected chi connectivity index (χ4v) is 3.37. The molecule has 24 heavy (non-hydrogen) atoms. The van der Waals surface area contributed by atoms with E-state index >= 15 is 0 Å². The second-order valence-electron chi connectivity index (χ2n) is 5.64. The summed E-state index contributed by atoms with van der Waals surface area (Å²) in [7, 11) is -0.652. The van der Waals surface area contributed by atoms with Gasteiger partial charge in [0.2, 0.25) is 0 Å². The van der Waals surface area contributed by atoms with Gasteiger partial charge in [0, 0.05) is 4.70 Å². The summed E-state index contributed by atoms with van der Waals surface area (Å²) >= 11 is 1.67. The van der Waals surface area contributed by atoms with E-state index in [0.29, 0.717) is 5.82 Å². The van der Waals surface area contributed by atoms with Gasteiger partial charge in [-0.05, 0) is 55.0 Å². The van der Waals surface area contributed by atoms with Gasteiger partial charge in [0.15, 0.2) is 0 Å². The van der Waals surface area contributed by atoms with Crippen LogP contribution in [0.1, 0.15) is 19.8 Å². The van der Waals surface area contributed by atoms with Crippen LogP contribution in [0, 0.1) is 0 Å². The summed E-state index contributed by atoms with van der Waals surface area (Å²) in [6.07, 6.45) is 2.19. The van der Waals surface area contributed by atoms with Crippen LogP contribution < -0.4 is 9.96 Å². The first-order chi connectivity index (χ1) is 11.7. The standard InChI is InChI=1S/C17H20BN3O2S/c1-3-4-9-23-13-6-5-12-10-16(24-15(12)11-13)14-7-8-17(21-20-14)19-18(2)22/h5-8,10-11,22H,3-4,9H2,1-2H3,(H,19,21). The Kier molecular flexibility index (Phi) is 5.32. The Morgan fingerprint density at radius 2 is 2.08 bits per heavy atom. The molecule has 0 saturated carbocycles. The minimum atomic E-state index is -0.652. The average Bonchev–Trinajstić information content (AvgIpc) is 2.98. The highest BCUT2D eigenvalue weighted by Crippen LogP contribution is 2.34. The number of rotatable bonds is 7. The number of fused-ring (bicyclic) bond motifs is 1. The molecule has 2 N–H and O–H groups in total. The van der Waals surface area contributed by atoms with Crippen LogP contribution in [-0.4, -0.2) is 28.9 Å². The topological polar surface area (TPSA) is 67.3 Å². The fourth-order valence-electron chi connectivity index (χ4n) is 2.32. The largest absolute Gasteiger partial charge is 0.494 e. The van der Waals surface area contributed by atoms with Gasteiger partial charge in [-0.3, -0.25) is 0 Å². The monoisotopic (exact) mass is 341 g/mol. The minimum absolute atomic E-state index is 0.557. The van der Waals surface area contributed by atoms with Gasteiger partial charge in [0.05, 0.1) is 11.5 Å². The molecule has 3 aromatic rings. The van der Waals surface area contributed by atoms with Gasteiger partial charge >= 0.3 is 7.05 Å². The van der Waals surface area contributed by atoms with Crippen LogP contribution in [0.2, 0.25) is 6.82 Å². The van der Waals surface area contributed by atoms with Crippen molar-refractivity contribution in [2.24, 2.45) is 0 Å². The summed E-state index contributed by atoms with van der Waals surface area (Å²) in [5.74, 6) is 1.47. The molecule has 0 atom stereocenters. The molecule has 0 aliphatic heterocycles. The normalized spacial score (nSPS) is 10.8. The number of hydrogen-bond donors (Lipinski definition) is 2. The van der Waals surface area contributed by atoms with Gasteiger partial charge < -0.3 is 15.0 Å². The molecule has 0 spiro atoms. The molecule has 0 amide bonds. The maximum Gasteiger partial charge on any atom is 0.408 e. The molecule has 124 valence electrons. The third-order valence-electron chi connectivity index (χ3n) is 3.53. The van der Waals surface area contributed by atoms with Crippen molar-refractivity contribution in [3.8, 4) is 16.3 Å². The lowest BCUT2D eigenvalue weighted by Crippen LogP contribution is -2.20. The second-order valence-corrected chi connectivity index (χ2v) is 6.72. The van der Waals surface area contributed by atoms with Crippen LogP contribution >= 0.6 is 11.3 Å². The number of hydrogen-bond acceptors (Lipinski definition) is 6. The second kappa shape index (κ2) is 7.64. The molecule has 0 fully saturated rings. The van der Waals surface area contributed by atoms with Crippen molar-refractivity contribution in [2.45, 2.75) is 26.6 Å². The Bertz CT molecular complexity index is 805. The Balaban J connectivity index is 1.79. The Morgan fingerprint density at radius 1 is 1.21 bits per heavy atom. The molecule has 2 aromatic heterocycles. The van der Waals surface area contributed by atoms with E-state index in [1.54, 1.807) is 18.2 Å². The maximum absolute atomic E-state index is 9.30. The molecule has 0 saturated heterocycles. The third-order valence-corrected chi connectivity index (χ3v) is 4.65. The summed E-state index contributed by atoms with van der Waals surface area (Å²) in [4.78, 5) is 1.06. The van der Waals surface area contributed by atoms with Gasteiger partial charge in [0.25, 0.3) is 0 Å². The van der Waals surface area contributed by atoms with E-state index in [4.69, 9.17) is 4.74 Å². The van der Waals surface area contributed by atoms with E-state index in [1.165, 1.54) is 10.1 Å². The molecular weight excluding hydrogens is 321 g/mol. The van der Waals surface area contributed by atoms with Crippen LogP contribution in [0.5, 0.6) is 5.75 Å². The van der Waals surface area contributed by atoms with Crippen molar-refractivity contribution in [3.05, 3.63) is 36.4 Å². The first-order valence-corrected chi connectivity index (χ1v) is 8.92. The Labute approximate surface area is 145 Å². The summed E-state index contributed by atoms with van der Waals surface area (Å²) in [5, 5.41) is 21.6. The minimum Gasteiger partial charge on any atom is -0.494 e. The quantitative estimate of drug-likeness (QED) is 0.501. The number of thiophene rings is 1. The molecule has 0 unspecified atom stereocenters. The van der Waals surface area contributed by atoms with E-state index in [0.717, 1.165) is 35.8 Å². The zero-order valence-electron chi connectivity index (χ0n) is 13.8. The van der Waals surface area contributed by atoms with Gasteiger partial charge in [-0.1, -0.05) is 13.3 Å². The van der Waals surface area contributed by atoms with Gasteiger partial charge in [0.1, 0.15) is 17.3 Å². The number of benzene rings is 1. The van der Waals surface area contributed by atoms with Crippen molar-refractivity contribution >= 4 is 34.3 Å². The highest BCUT2D eigenvalue weighted by Gasteiger charge is 2.09. The van der Waals surface area contributed by atoms with E-state index < -0.39 is 7.05 Å². The number of nitrogens with one attached hydrogen (secondary N) is 1. The molecule has 3 rings (SSSR count). The lowest BCUT2D eigenvalue weighted by molar-refractivity contribution is 0.310. The van der Waals surface area contributed by atoms with Crippen LogP contribution in [0.25, 0.3) is 20.7 Å². The van der Waals surface area contributed by atoms with Crippen LogP contribution in [-0.2, 0) is 0 Å².